The average molecular weight is 465 g/mol. The van der Waals surface area contributed by atoms with Gasteiger partial charge in [-0.3, -0.25) is 9.69 Å². The van der Waals surface area contributed by atoms with Crippen LogP contribution < -0.4 is 14.8 Å². The van der Waals surface area contributed by atoms with Crippen LogP contribution in [0.25, 0.3) is 11.4 Å². The van der Waals surface area contributed by atoms with Crippen molar-refractivity contribution < 1.29 is 18.8 Å². The molecule has 1 N–H and O–H groups in total. The van der Waals surface area contributed by atoms with Gasteiger partial charge in [-0.2, -0.15) is 4.98 Å². The first-order valence-electron chi connectivity index (χ1n) is 11.7. The molecule has 1 fully saturated rings. The topological polar surface area (TPSA) is 89.7 Å². The van der Waals surface area contributed by atoms with Crippen molar-refractivity contribution in [3.63, 3.8) is 0 Å². The number of carbonyl (C=O) groups is 1. The van der Waals surface area contributed by atoms with Crippen LogP contribution in [-0.2, 0) is 11.3 Å². The zero-order valence-electron chi connectivity index (χ0n) is 20.0. The second kappa shape index (κ2) is 11.2. The van der Waals surface area contributed by atoms with Gasteiger partial charge in [0.05, 0.1) is 26.8 Å². The van der Waals surface area contributed by atoms with E-state index in [-0.39, 0.29) is 17.9 Å². The third-order valence-electron chi connectivity index (χ3n) is 6.35. The van der Waals surface area contributed by atoms with Crippen molar-refractivity contribution in [1.82, 2.24) is 20.4 Å². The number of nitrogens with one attached hydrogen (secondary N) is 1. The molecule has 1 saturated heterocycles. The van der Waals surface area contributed by atoms with Gasteiger partial charge >= 0.3 is 0 Å². The number of rotatable bonds is 9. The van der Waals surface area contributed by atoms with Gasteiger partial charge in [0, 0.05) is 11.5 Å². The van der Waals surface area contributed by atoms with Crippen molar-refractivity contribution in [3.05, 3.63) is 60.0 Å². The van der Waals surface area contributed by atoms with Gasteiger partial charge in [-0.25, -0.2) is 0 Å². The zero-order valence-corrected chi connectivity index (χ0v) is 20.0. The molecule has 1 unspecified atom stereocenters. The Hall–Kier alpha value is -3.39. The van der Waals surface area contributed by atoms with Gasteiger partial charge in [-0.05, 0) is 56.1 Å². The number of amides is 1. The lowest BCUT2D eigenvalue weighted by Crippen LogP contribution is -2.41. The third kappa shape index (κ3) is 5.56. The minimum Gasteiger partial charge on any atom is -0.493 e. The van der Waals surface area contributed by atoms with Gasteiger partial charge in [0.15, 0.2) is 11.5 Å². The molecule has 3 aromatic rings. The standard InChI is InChI=1S/C26H32N4O4/c1-4-21(18-8-6-5-7-9-18)27-26(31)19-12-14-30(15-13-19)17-24-28-25(29-34-24)20-10-11-22(32-2)23(16-20)33-3/h5-11,16,19,21H,4,12-15,17H2,1-3H3,(H,27,31). The smallest absolute Gasteiger partial charge is 0.241 e. The predicted molar refractivity (Wildman–Crippen MR) is 128 cm³/mol. The molecule has 1 aliphatic heterocycles. The molecule has 2 aromatic carbocycles. The molecule has 2 heterocycles. The SMILES string of the molecule is CCC(NC(=O)C1CCN(Cc2nc(-c3ccc(OC)c(OC)c3)no2)CC1)c1ccccc1. The number of methoxy groups -OCH3 is 2. The molecule has 8 nitrogen and oxygen atoms in total. The fraction of sp³-hybridized carbons (Fsp3) is 0.423. The average Bonchev–Trinajstić information content (AvgIpc) is 3.36. The minimum absolute atomic E-state index is 0.0269. The quantitative estimate of drug-likeness (QED) is 0.507. The molecular weight excluding hydrogens is 432 g/mol. The largest absolute Gasteiger partial charge is 0.493 e. The van der Waals surface area contributed by atoms with Crippen LogP contribution in [0.1, 0.15) is 43.7 Å². The van der Waals surface area contributed by atoms with Gasteiger partial charge < -0.3 is 19.3 Å². The van der Waals surface area contributed by atoms with Crippen molar-refractivity contribution in [2.24, 2.45) is 5.92 Å². The lowest BCUT2D eigenvalue weighted by atomic mass is 9.94. The van der Waals surface area contributed by atoms with Gasteiger partial charge in [-0.1, -0.05) is 42.4 Å². The van der Waals surface area contributed by atoms with Gasteiger partial charge in [0.2, 0.25) is 17.6 Å². The molecule has 1 aromatic heterocycles. The van der Waals surface area contributed by atoms with E-state index < -0.39 is 0 Å². The highest BCUT2D eigenvalue weighted by atomic mass is 16.5. The molecule has 4 rings (SSSR count). The number of hydrogen-bond acceptors (Lipinski definition) is 7. The van der Waals surface area contributed by atoms with Crippen LogP contribution in [-0.4, -0.2) is 48.3 Å². The van der Waals surface area contributed by atoms with Crippen LogP contribution >= 0.6 is 0 Å². The summed E-state index contributed by atoms with van der Waals surface area (Å²) in [6.07, 6.45) is 2.50. The highest BCUT2D eigenvalue weighted by molar-refractivity contribution is 5.79. The molecule has 0 aliphatic carbocycles. The van der Waals surface area contributed by atoms with E-state index in [9.17, 15) is 4.79 Å². The Balaban J connectivity index is 1.30. The zero-order chi connectivity index (χ0) is 23.9. The van der Waals surface area contributed by atoms with Gasteiger partial charge in [0.1, 0.15) is 0 Å². The Labute approximate surface area is 200 Å². The molecule has 1 aliphatic rings. The number of hydrogen-bond donors (Lipinski definition) is 1. The molecule has 34 heavy (non-hydrogen) atoms. The Morgan fingerprint density at radius 2 is 1.85 bits per heavy atom. The molecular formula is C26H32N4O4. The first kappa shape index (κ1) is 23.8. The molecule has 0 saturated carbocycles. The number of piperidine rings is 1. The molecule has 0 radical (unpaired) electrons. The monoisotopic (exact) mass is 464 g/mol. The number of benzene rings is 2. The van der Waals surface area contributed by atoms with E-state index in [1.165, 1.54) is 0 Å². The summed E-state index contributed by atoms with van der Waals surface area (Å²) in [5.41, 5.74) is 1.95. The summed E-state index contributed by atoms with van der Waals surface area (Å²) in [5.74, 6) is 2.50. The molecule has 8 heteroatoms. The summed E-state index contributed by atoms with van der Waals surface area (Å²) in [6.45, 7) is 4.29. The first-order valence-corrected chi connectivity index (χ1v) is 11.7. The molecule has 0 bridgehead atoms. The molecule has 180 valence electrons. The van der Waals surface area contributed by atoms with Crippen molar-refractivity contribution in [2.45, 2.75) is 38.8 Å². The van der Waals surface area contributed by atoms with Crippen molar-refractivity contribution in [1.29, 1.82) is 0 Å². The number of likely N-dealkylation sites (tertiary alicyclic amines) is 1. The third-order valence-corrected chi connectivity index (χ3v) is 6.35. The summed E-state index contributed by atoms with van der Waals surface area (Å²) in [5, 5.41) is 7.36. The van der Waals surface area contributed by atoms with E-state index in [2.05, 4.69) is 39.4 Å². The van der Waals surface area contributed by atoms with Crippen molar-refractivity contribution in [3.8, 4) is 22.9 Å². The van der Waals surface area contributed by atoms with Crippen LogP contribution in [0.3, 0.4) is 0 Å². The maximum Gasteiger partial charge on any atom is 0.241 e. The highest BCUT2D eigenvalue weighted by Crippen LogP contribution is 2.31. The fourth-order valence-electron chi connectivity index (χ4n) is 4.35. The van der Waals surface area contributed by atoms with Crippen LogP contribution in [0.2, 0.25) is 0 Å². The van der Waals surface area contributed by atoms with Crippen LogP contribution in [0.15, 0.2) is 53.1 Å². The molecule has 1 atom stereocenters. The Kier molecular flexibility index (Phi) is 7.80. The summed E-state index contributed by atoms with van der Waals surface area (Å²) in [7, 11) is 3.19. The lowest BCUT2D eigenvalue weighted by molar-refractivity contribution is -0.127. The van der Waals surface area contributed by atoms with E-state index in [1.54, 1.807) is 14.2 Å². The summed E-state index contributed by atoms with van der Waals surface area (Å²) in [4.78, 5) is 19.7. The first-order chi connectivity index (χ1) is 16.6. The maximum absolute atomic E-state index is 12.9. The minimum atomic E-state index is 0.0269. The highest BCUT2D eigenvalue weighted by Gasteiger charge is 2.27. The Bertz CT molecular complexity index is 1080. The van der Waals surface area contributed by atoms with Gasteiger partial charge in [0.25, 0.3) is 0 Å². The Morgan fingerprint density at radius 3 is 2.53 bits per heavy atom. The summed E-state index contributed by atoms with van der Waals surface area (Å²) >= 11 is 0. The van der Waals surface area contributed by atoms with E-state index in [4.69, 9.17) is 14.0 Å². The van der Waals surface area contributed by atoms with Crippen LogP contribution in [0, 0.1) is 5.92 Å². The maximum atomic E-state index is 12.9. The van der Waals surface area contributed by atoms with Gasteiger partial charge in [-0.15, -0.1) is 0 Å². The second-order valence-electron chi connectivity index (χ2n) is 8.51. The number of nitrogens with zero attached hydrogens (tertiary/aromatic N) is 3. The number of aromatic nitrogens is 2. The summed E-state index contributed by atoms with van der Waals surface area (Å²) in [6, 6.07) is 15.7. The lowest BCUT2D eigenvalue weighted by Gasteiger charge is -2.31. The second-order valence-corrected chi connectivity index (χ2v) is 8.51. The van der Waals surface area contributed by atoms with E-state index in [0.29, 0.717) is 29.8 Å². The number of carbonyl (C=O) groups excluding carboxylic acids is 1. The normalized spacial score (nSPS) is 15.6. The van der Waals surface area contributed by atoms with Crippen molar-refractivity contribution >= 4 is 5.91 Å². The predicted octanol–water partition coefficient (Wildman–Crippen LogP) is 4.23. The van der Waals surface area contributed by atoms with Crippen LogP contribution in [0.4, 0.5) is 0 Å². The summed E-state index contributed by atoms with van der Waals surface area (Å²) < 4.78 is 16.1. The fourth-order valence-corrected chi connectivity index (χ4v) is 4.35. The Morgan fingerprint density at radius 1 is 1.12 bits per heavy atom. The van der Waals surface area contributed by atoms with E-state index in [1.807, 2.05) is 36.4 Å². The van der Waals surface area contributed by atoms with Crippen LogP contribution in [0.5, 0.6) is 11.5 Å². The van der Waals surface area contributed by atoms with E-state index in [0.717, 1.165) is 43.5 Å². The molecule has 1 amide bonds. The molecule has 0 spiro atoms. The number of ether oxygens (including phenoxy) is 2. The van der Waals surface area contributed by atoms with Crippen molar-refractivity contribution in [2.75, 3.05) is 27.3 Å². The van der Waals surface area contributed by atoms with E-state index >= 15 is 0 Å².